The minimum Gasteiger partial charge on any atom is -0.390 e. The Morgan fingerprint density at radius 1 is 1.20 bits per heavy atom. The fourth-order valence-electron chi connectivity index (χ4n) is 3.69. The van der Waals surface area contributed by atoms with Crippen molar-refractivity contribution in [2.24, 2.45) is 17.8 Å². The first kappa shape index (κ1) is 11.4. The van der Waals surface area contributed by atoms with Gasteiger partial charge in [0.2, 0.25) is 0 Å². The van der Waals surface area contributed by atoms with Crippen LogP contribution >= 0.6 is 0 Å². The molecule has 2 nitrogen and oxygen atoms in total. The van der Waals surface area contributed by atoms with E-state index in [0.29, 0.717) is 0 Å². The fourth-order valence-corrected chi connectivity index (χ4v) is 3.69. The molecule has 1 heterocycles. The van der Waals surface area contributed by atoms with Crippen molar-refractivity contribution < 1.29 is 5.11 Å². The van der Waals surface area contributed by atoms with Gasteiger partial charge in [-0.2, -0.15) is 0 Å². The van der Waals surface area contributed by atoms with Gasteiger partial charge in [-0.05, 0) is 57.9 Å². The summed E-state index contributed by atoms with van der Waals surface area (Å²) < 4.78 is 0. The van der Waals surface area contributed by atoms with Gasteiger partial charge in [0.1, 0.15) is 0 Å². The summed E-state index contributed by atoms with van der Waals surface area (Å²) >= 11 is 0. The number of piperidine rings is 1. The van der Waals surface area contributed by atoms with Gasteiger partial charge in [-0.1, -0.05) is 6.42 Å². The highest BCUT2D eigenvalue weighted by molar-refractivity contribution is 4.91. The van der Waals surface area contributed by atoms with Gasteiger partial charge in [0, 0.05) is 13.1 Å². The minimum absolute atomic E-state index is 0.478. The van der Waals surface area contributed by atoms with Crippen LogP contribution in [0.2, 0.25) is 0 Å². The highest BCUT2D eigenvalue weighted by Crippen LogP contribution is 2.42. The molecule has 0 radical (unpaired) electrons. The normalized spacial score (nSPS) is 38.0. The second-order valence-electron chi connectivity index (χ2n) is 6.35. The standard InChI is InChI=1S/C13H25NO/c1-13(2,15)7-12-10-5-4-6-11(12)9-14(3)8-10/h10-12,15H,4-9H2,1-3H3. The summed E-state index contributed by atoms with van der Waals surface area (Å²) in [4.78, 5) is 2.48. The minimum atomic E-state index is -0.478. The molecule has 88 valence electrons. The lowest BCUT2D eigenvalue weighted by molar-refractivity contribution is -0.0257. The predicted molar refractivity (Wildman–Crippen MR) is 62.7 cm³/mol. The van der Waals surface area contributed by atoms with E-state index in [9.17, 15) is 5.11 Å². The van der Waals surface area contributed by atoms with E-state index in [1.807, 2.05) is 13.8 Å². The van der Waals surface area contributed by atoms with Gasteiger partial charge in [-0.3, -0.25) is 0 Å². The molecular weight excluding hydrogens is 186 g/mol. The van der Waals surface area contributed by atoms with E-state index < -0.39 is 5.60 Å². The smallest absolute Gasteiger partial charge is 0.0594 e. The summed E-state index contributed by atoms with van der Waals surface area (Å²) in [5, 5.41) is 9.98. The second kappa shape index (κ2) is 4.06. The third kappa shape index (κ3) is 2.73. The first-order chi connectivity index (χ1) is 6.96. The molecular formula is C13H25NO. The molecule has 2 heteroatoms. The number of nitrogens with zero attached hydrogens (tertiary/aromatic N) is 1. The Morgan fingerprint density at radius 2 is 1.73 bits per heavy atom. The van der Waals surface area contributed by atoms with Crippen LogP contribution in [0.5, 0.6) is 0 Å². The van der Waals surface area contributed by atoms with Crippen molar-refractivity contribution in [1.82, 2.24) is 4.90 Å². The highest BCUT2D eigenvalue weighted by atomic mass is 16.3. The van der Waals surface area contributed by atoms with Crippen molar-refractivity contribution >= 4 is 0 Å². The number of hydrogen-bond donors (Lipinski definition) is 1. The Kier molecular flexibility index (Phi) is 3.09. The molecule has 2 unspecified atom stereocenters. The average Bonchev–Trinajstić information content (AvgIpc) is 2.04. The van der Waals surface area contributed by atoms with Crippen molar-refractivity contribution in [2.75, 3.05) is 20.1 Å². The monoisotopic (exact) mass is 211 g/mol. The topological polar surface area (TPSA) is 23.5 Å². The number of rotatable bonds is 2. The van der Waals surface area contributed by atoms with Crippen LogP contribution in [-0.2, 0) is 0 Å². The zero-order valence-electron chi connectivity index (χ0n) is 10.4. The lowest BCUT2D eigenvalue weighted by Gasteiger charge is -2.48. The summed E-state index contributed by atoms with van der Waals surface area (Å²) in [5.41, 5.74) is -0.478. The Balaban J connectivity index is 2.04. The molecule has 2 bridgehead atoms. The van der Waals surface area contributed by atoms with E-state index >= 15 is 0 Å². The molecule has 15 heavy (non-hydrogen) atoms. The molecule has 1 saturated heterocycles. The summed E-state index contributed by atoms with van der Waals surface area (Å²) in [6.07, 6.45) is 5.16. The molecule has 2 rings (SSSR count). The molecule has 0 aromatic carbocycles. The van der Waals surface area contributed by atoms with E-state index in [4.69, 9.17) is 0 Å². The van der Waals surface area contributed by atoms with E-state index in [2.05, 4.69) is 11.9 Å². The number of aliphatic hydroxyl groups is 1. The molecule has 2 fully saturated rings. The quantitative estimate of drug-likeness (QED) is 0.756. The van der Waals surface area contributed by atoms with Gasteiger partial charge in [-0.25, -0.2) is 0 Å². The molecule has 0 spiro atoms. The maximum absolute atomic E-state index is 9.98. The Labute approximate surface area is 93.7 Å². The fraction of sp³-hybridized carbons (Fsp3) is 1.00. The highest BCUT2D eigenvalue weighted by Gasteiger charge is 2.40. The SMILES string of the molecule is CN1CC2CCCC(C1)C2CC(C)(C)O. The molecule has 1 N–H and O–H groups in total. The van der Waals surface area contributed by atoms with Crippen LogP contribution in [0, 0.1) is 17.8 Å². The summed E-state index contributed by atoms with van der Waals surface area (Å²) in [6, 6.07) is 0. The lowest BCUT2D eigenvalue weighted by Crippen LogP contribution is -2.48. The number of hydrogen-bond acceptors (Lipinski definition) is 2. The molecule has 1 aliphatic carbocycles. The van der Waals surface area contributed by atoms with Gasteiger partial charge in [0.05, 0.1) is 5.60 Å². The average molecular weight is 211 g/mol. The van der Waals surface area contributed by atoms with Crippen LogP contribution in [0.1, 0.15) is 39.5 Å². The summed E-state index contributed by atoms with van der Waals surface area (Å²) in [6.45, 7) is 6.41. The molecule has 1 aliphatic heterocycles. The van der Waals surface area contributed by atoms with Gasteiger partial charge in [0.25, 0.3) is 0 Å². The first-order valence-corrected chi connectivity index (χ1v) is 6.36. The Hall–Kier alpha value is -0.0800. The van der Waals surface area contributed by atoms with Crippen molar-refractivity contribution in [2.45, 2.75) is 45.1 Å². The van der Waals surface area contributed by atoms with E-state index in [1.165, 1.54) is 32.4 Å². The molecule has 0 aromatic rings. The third-order valence-corrected chi connectivity index (χ3v) is 4.19. The predicted octanol–water partition coefficient (Wildman–Crippen LogP) is 2.13. The van der Waals surface area contributed by atoms with Crippen LogP contribution in [0.15, 0.2) is 0 Å². The van der Waals surface area contributed by atoms with Crippen LogP contribution in [0.3, 0.4) is 0 Å². The summed E-state index contributed by atoms with van der Waals surface area (Å²) in [7, 11) is 2.24. The van der Waals surface area contributed by atoms with Crippen molar-refractivity contribution in [3.63, 3.8) is 0 Å². The van der Waals surface area contributed by atoms with Gasteiger partial charge >= 0.3 is 0 Å². The van der Waals surface area contributed by atoms with Crippen molar-refractivity contribution in [3.05, 3.63) is 0 Å². The zero-order valence-corrected chi connectivity index (χ0v) is 10.4. The van der Waals surface area contributed by atoms with Crippen LogP contribution in [0.25, 0.3) is 0 Å². The molecule has 2 aliphatic rings. The van der Waals surface area contributed by atoms with E-state index in [-0.39, 0.29) is 0 Å². The Morgan fingerprint density at radius 3 is 2.20 bits per heavy atom. The van der Waals surface area contributed by atoms with E-state index in [1.54, 1.807) is 0 Å². The maximum Gasteiger partial charge on any atom is 0.0594 e. The van der Waals surface area contributed by atoms with Gasteiger partial charge < -0.3 is 10.0 Å². The van der Waals surface area contributed by atoms with Crippen molar-refractivity contribution in [3.8, 4) is 0 Å². The number of likely N-dealkylation sites (tertiary alicyclic amines) is 1. The maximum atomic E-state index is 9.98. The summed E-state index contributed by atoms with van der Waals surface area (Å²) in [5.74, 6) is 2.46. The first-order valence-electron chi connectivity index (χ1n) is 6.36. The lowest BCUT2D eigenvalue weighted by atomic mass is 9.66. The molecule has 0 amide bonds. The van der Waals surface area contributed by atoms with Crippen LogP contribution < -0.4 is 0 Å². The molecule has 0 aromatic heterocycles. The largest absolute Gasteiger partial charge is 0.390 e. The van der Waals surface area contributed by atoms with E-state index in [0.717, 1.165) is 24.2 Å². The van der Waals surface area contributed by atoms with Gasteiger partial charge in [-0.15, -0.1) is 0 Å². The zero-order chi connectivity index (χ0) is 11.1. The molecule has 2 atom stereocenters. The van der Waals surface area contributed by atoms with Crippen LogP contribution in [-0.4, -0.2) is 35.7 Å². The molecule has 1 saturated carbocycles. The number of fused-ring (bicyclic) bond motifs is 2. The van der Waals surface area contributed by atoms with Crippen LogP contribution in [0.4, 0.5) is 0 Å². The second-order valence-corrected chi connectivity index (χ2v) is 6.35. The van der Waals surface area contributed by atoms with Gasteiger partial charge in [0.15, 0.2) is 0 Å². The van der Waals surface area contributed by atoms with Crippen molar-refractivity contribution in [1.29, 1.82) is 0 Å². The Bertz CT molecular complexity index is 207. The third-order valence-electron chi connectivity index (χ3n) is 4.19.